The molecule has 2 aromatic heterocycles. The molecule has 9 rings (SSSR count). The van der Waals surface area contributed by atoms with Gasteiger partial charge in [-0.25, -0.2) is 29.8 Å². The molecule has 56 heavy (non-hydrogen) atoms. The van der Waals surface area contributed by atoms with Crippen molar-refractivity contribution in [3.63, 3.8) is 0 Å². The summed E-state index contributed by atoms with van der Waals surface area (Å²) >= 11 is 0. The molecule has 0 aliphatic heterocycles. The zero-order valence-corrected chi connectivity index (χ0v) is 30.2. The van der Waals surface area contributed by atoms with Crippen LogP contribution in [0, 0.1) is 6.57 Å². The van der Waals surface area contributed by atoms with Crippen molar-refractivity contribution in [3.8, 4) is 90.3 Å². The molecule has 0 amide bonds. The molecule has 0 aliphatic rings. The average molecular weight is 717 g/mol. The van der Waals surface area contributed by atoms with Crippen molar-refractivity contribution in [2.45, 2.75) is 0 Å². The Hall–Kier alpha value is -7.88. The van der Waals surface area contributed by atoms with Gasteiger partial charge in [-0.15, -0.1) is 0 Å². The number of nitrogens with zero attached hydrogens (tertiary/aromatic N) is 6. The van der Waals surface area contributed by atoms with Crippen LogP contribution < -0.4 is 0 Å². The molecule has 0 unspecified atom stereocenters. The predicted molar refractivity (Wildman–Crippen MR) is 225 cm³/mol. The van der Waals surface area contributed by atoms with Crippen molar-refractivity contribution >= 4 is 5.69 Å². The van der Waals surface area contributed by atoms with E-state index < -0.39 is 0 Å². The summed E-state index contributed by atoms with van der Waals surface area (Å²) in [4.78, 5) is 28.7. The van der Waals surface area contributed by atoms with Crippen LogP contribution in [0.5, 0.6) is 0 Å². The summed E-state index contributed by atoms with van der Waals surface area (Å²) < 4.78 is 0. The van der Waals surface area contributed by atoms with Gasteiger partial charge in [-0.05, 0) is 46.5 Å². The van der Waals surface area contributed by atoms with Crippen LogP contribution in [0.15, 0.2) is 194 Å². The van der Waals surface area contributed by atoms with Crippen molar-refractivity contribution in [2.75, 3.05) is 0 Å². The van der Waals surface area contributed by atoms with Gasteiger partial charge in [-0.1, -0.05) is 170 Å². The van der Waals surface area contributed by atoms with Gasteiger partial charge in [0, 0.05) is 33.4 Å². The van der Waals surface area contributed by atoms with Gasteiger partial charge >= 0.3 is 0 Å². The first-order valence-electron chi connectivity index (χ1n) is 18.3. The Morgan fingerprint density at radius 3 is 1.29 bits per heavy atom. The monoisotopic (exact) mass is 716 g/mol. The first-order chi connectivity index (χ1) is 27.7. The van der Waals surface area contributed by atoms with Crippen LogP contribution in [0.1, 0.15) is 0 Å². The van der Waals surface area contributed by atoms with Crippen LogP contribution in [0.4, 0.5) is 5.69 Å². The minimum Gasteiger partial charge on any atom is -0.237 e. The zero-order valence-electron chi connectivity index (χ0n) is 30.2. The average Bonchev–Trinajstić information content (AvgIpc) is 3.29. The van der Waals surface area contributed by atoms with Crippen LogP contribution in [-0.4, -0.2) is 24.9 Å². The van der Waals surface area contributed by atoms with Crippen molar-refractivity contribution in [3.05, 3.63) is 206 Å². The van der Waals surface area contributed by atoms with Gasteiger partial charge in [0.15, 0.2) is 29.0 Å². The van der Waals surface area contributed by atoms with E-state index in [1.54, 1.807) is 6.07 Å². The standard InChI is InChI=1S/C50H32N6/c1-51-44-29-12-11-28-43(44)50-55-47(36-20-9-4-10-21-36)54-49(56-50)42-27-15-24-39(32-42)38-23-14-26-41(31-38)48-52-45(35-18-7-3-8-19-35)33-46(53-48)40-25-13-22-37(30-40)34-16-5-2-6-17-34/h2-33H. The van der Waals surface area contributed by atoms with E-state index in [1.165, 1.54) is 0 Å². The van der Waals surface area contributed by atoms with Crippen LogP contribution in [0.2, 0.25) is 0 Å². The largest absolute Gasteiger partial charge is 0.237 e. The molecule has 2 heterocycles. The second-order valence-corrected chi connectivity index (χ2v) is 13.2. The van der Waals surface area contributed by atoms with Gasteiger partial charge in [0.2, 0.25) is 0 Å². The summed E-state index contributed by atoms with van der Waals surface area (Å²) in [6, 6.07) is 65.0. The molecule has 0 N–H and O–H groups in total. The maximum absolute atomic E-state index is 7.77. The lowest BCUT2D eigenvalue weighted by Crippen LogP contribution is -2.00. The summed E-state index contributed by atoms with van der Waals surface area (Å²) in [6.07, 6.45) is 0. The first kappa shape index (κ1) is 33.9. The molecule has 0 saturated carbocycles. The number of rotatable bonds is 8. The predicted octanol–water partition coefficient (Wildman–Crippen LogP) is 12.5. The summed E-state index contributed by atoms with van der Waals surface area (Å²) in [5.41, 5.74) is 11.7. The molecule has 0 bridgehead atoms. The van der Waals surface area contributed by atoms with E-state index in [4.69, 9.17) is 31.5 Å². The second kappa shape index (κ2) is 15.2. The lowest BCUT2D eigenvalue weighted by molar-refractivity contribution is 1.07. The van der Waals surface area contributed by atoms with Gasteiger partial charge in [-0.3, -0.25) is 0 Å². The van der Waals surface area contributed by atoms with E-state index in [-0.39, 0.29) is 0 Å². The maximum Gasteiger partial charge on any atom is 0.198 e. The Morgan fingerprint density at radius 2 is 0.679 bits per heavy atom. The quantitative estimate of drug-likeness (QED) is 0.146. The molecule has 0 fully saturated rings. The lowest BCUT2D eigenvalue weighted by atomic mass is 9.99. The molecule has 0 radical (unpaired) electrons. The van der Waals surface area contributed by atoms with Crippen molar-refractivity contribution in [1.82, 2.24) is 24.9 Å². The topological polar surface area (TPSA) is 68.8 Å². The fourth-order valence-electron chi connectivity index (χ4n) is 6.75. The van der Waals surface area contributed by atoms with Gasteiger partial charge in [0.25, 0.3) is 0 Å². The molecule has 0 spiro atoms. The van der Waals surface area contributed by atoms with Crippen molar-refractivity contribution < 1.29 is 0 Å². The van der Waals surface area contributed by atoms with Crippen LogP contribution in [0.25, 0.3) is 95.2 Å². The highest BCUT2D eigenvalue weighted by molar-refractivity contribution is 5.80. The van der Waals surface area contributed by atoms with Crippen LogP contribution in [0.3, 0.4) is 0 Å². The van der Waals surface area contributed by atoms with Crippen LogP contribution >= 0.6 is 0 Å². The van der Waals surface area contributed by atoms with Crippen molar-refractivity contribution in [1.29, 1.82) is 0 Å². The molecule has 0 atom stereocenters. The Morgan fingerprint density at radius 1 is 0.286 bits per heavy atom. The highest BCUT2D eigenvalue weighted by Gasteiger charge is 2.16. The smallest absolute Gasteiger partial charge is 0.198 e. The molecular formula is C50H32N6. The second-order valence-electron chi connectivity index (χ2n) is 13.2. The number of hydrogen-bond donors (Lipinski definition) is 0. The zero-order chi connectivity index (χ0) is 37.7. The Labute approximate surface area is 325 Å². The third-order valence-electron chi connectivity index (χ3n) is 9.57. The normalized spacial score (nSPS) is 10.8. The van der Waals surface area contributed by atoms with E-state index in [0.717, 1.165) is 61.5 Å². The summed E-state index contributed by atoms with van der Waals surface area (Å²) in [7, 11) is 0. The van der Waals surface area contributed by atoms with Gasteiger partial charge < -0.3 is 0 Å². The Bertz CT molecular complexity index is 2870. The van der Waals surface area contributed by atoms with Gasteiger partial charge in [0.1, 0.15) is 0 Å². The minimum absolute atomic E-state index is 0.452. The molecule has 6 heteroatoms. The van der Waals surface area contributed by atoms with E-state index in [1.807, 2.05) is 91.0 Å². The number of aromatic nitrogens is 5. The van der Waals surface area contributed by atoms with Crippen molar-refractivity contribution in [2.24, 2.45) is 0 Å². The Balaban J connectivity index is 1.13. The molecule has 9 aromatic rings. The molecule has 0 saturated heterocycles. The Kier molecular flexibility index (Phi) is 9.23. The highest BCUT2D eigenvalue weighted by Crippen LogP contribution is 2.34. The number of benzene rings is 7. The number of para-hydroxylation sites is 1. The third kappa shape index (κ3) is 7.08. The number of hydrogen-bond acceptors (Lipinski definition) is 5. The van der Waals surface area contributed by atoms with E-state index in [2.05, 4.69) is 102 Å². The third-order valence-corrected chi connectivity index (χ3v) is 9.57. The molecule has 6 nitrogen and oxygen atoms in total. The minimum atomic E-state index is 0.452. The van der Waals surface area contributed by atoms with Gasteiger partial charge in [-0.2, -0.15) is 0 Å². The van der Waals surface area contributed by atoms with Crippen LogP contribution in [-0.2, 0) is 0 Å². The molecule has 7 aromatic carbocycles. The molecule has 0 aliphatic carbocycles. The highest BCUT2D eigenvalue weighted by atomic mass is 15.0. The fraction of sp³-hybridized carbons (Fsp3) is 0. The maximum atomic E-state index is 7.77. The van der Waals surface area contributed by atoms with E-state index in [9.17, 15) is 0 Å². The summed E-state index contributed by atoms with van der Waals surface area (Å²) in [5, 5.41) is 0. The van der Waals surface area contributed by atoms with E-state index >= 15 is 0 Å². The van der Waals surface area contributed by atoms with E-state index in [0.29, 0.717) is 34.5 Å². The van der Waals surface area contributed by atoms with Gasteiger partial charge in [0.05, 0.1) is 18.0 Å². The summed E-state index contributed by atoms with van der Waals surface area (Å²) in [6.45, 7) is 7.77. The SMILES string of the molecule is [C-]#[N+]c1ccccc1-c1nc(-c2ccccc2)nc(-c2cccc(-c3cccc(-c4nc(-c5ccccc5)cc(-c5cccc(-c6ccccc6)c5)n4)c3)c2)n1. The lowest BCUT2D eigenvalue weighted by Gasteiger charge is -2.12. The molecule has 262 valence electrons. The molecular weight excluding hydrogens is 685 g/mol. The fourth-order valence-corrected chi connectivity index (χ4v) is 6.75. The summed E-state index contributed by atoms with van der Waals surface area (Å²) in [5.74, 6) is 2.15. The first-order valence-corrected chi connectivity index (χ1v) is 18.3.